The molecule has 0 spiro atoms. The lowest BCUT2D eigenvalue weighted by Crippen LogP contribution is -2.42. The molecule has 0 radical (unpaired) electrons. The SMILES string of the molecule is CC(C)N(CC#N)C(=O)C1CCc2ccccc2C1. The van der Waals surface area contributed by atoms with Crippen LogP contribution in [-0.4, -0.2) is 23.4 Å². The average Bonchev–Trinajstić information content (AvgIpc) is 2.43. The van der Waals surface area contributed by atoms with E-state index in [1.807, 2.05) is 19.9 Å². The molecule has 0 aromatic heterocycles. The van der Waals surface area contributed by atoms with Crippen molar-refractivity contribution in [3.8, 4) is 6.07 Å². The van der Waals surface area contributed by atoms with Crippen molar-refractivity contribution < 1.29 is 4.79 Å². The van der Waals surface area contributed by atoms with Crippen LogP contribution >= 0.6 is 0 Å². The number of benzene rings is 1. The molecule has 1 atom stereocenters. The summed E-state index contributed by atoms with van der Waals surface area (Å²) >= 11 is 0. The van der Waals surface area contributed by atoms with Gasteiger partial charge in [0.25, 0.3) is 0 Å². The second-order valence-corrected chi connectivity index (χ2v) is 5.43. The highest BCUT2D eigenvalue weighted by molar-refractivity contribution is 5.80. The van der Waals surface area contributed by atoms with Gasteiger partial charge in [-0.15, -0.1) is 0 Å². The van der Waals surface area contributed by atoms with Crippen molar-refractivity contribution in [2.45, 2.75) is 39.2 Å². The molecule has 0 fully saturated rings. The van der Waals surface area contributed by atoms with Gasteiger partial charge in [0.2, 0.25) is 5.91 Å². The van der Waals surface area contributed by atoms with E-state index in [1.54, 1.807) is 4.90 Å². The summed E-state index contributed by atoms with van der Waals surface area (Å²) in [6.07, 6.45) is 2.67. The van der Waals surface area contributed by atoms with Crippen LogP contribution in [0.3, 0.4) is 0 Å². The Labute approximate surface area is 114 Å². The zero-order chi connectivity index (χ0) is 13.8. The third-order valence-corrected chi connectivity index (χ3v) is 3.84. The average molecular weight is 256 g/mol. The number of aryl methyl sites for hydroxylation is 1. The van der Waals surface area contributed by atoms with Crippen LogP contribution in [0.5, 0.6) is 0 Å². The molecule has 0 heterocycles. The Hall–Kier alpha value is -1.82. The molecule has 1 aliphatic rings. The van der Waals surface area contributed by atoms with Crippen LogP contribution in [0.2, 0.25) is 0 Å². The molecule has 19 heavy (non-hydrogen) atoms. The molecule has 1 aromatic rings. The van der Waals surface area contributed by atoms with Gasteiger partial charge in [0.05, 0.1) is 6.07 Å². The summed E-state index contributed by atoms with van der Waals surface area (Å²) in [6.45, 7) is 4.12. The van der Waals surface area contributed by atoms with E-state index in [-0.39, 0.29) is 24.4 Å². The molecule has 3 heteroatoms. The van der Waals surface area contributed by atoms with Crippen LogP contribution in [0.25, 0.3) is 0 Å². The largest absolute Gasteiger partial charge is 0.327 e. The van der Waals surface area contributed by atoms with Gasteiger partial charge in [0.15, 0.2) is 0 Å². The van der Waals surface area contributed by atoms with Crippen molar-refractivity contribution in [3.05, 3.63) is 35.4 Å². The summed E-state index contributed by atoms with van der Waals surface area (Å²) in [7, 11) is 0. The van der Waals surface area contributed by atoms with Gasteiger partial charge in [0, 0.05) is 12.0 Å². The summed E-state index contributed by atoms with van der Waals surface area (Å²) in [4.78, 5) is 14.2. The smallest absolute Gasteiger partial charge is 0.227 e. The number of fused-ring (bicyclic) bond motifs is 1. The van der Waals surface area contributed by atoms with E-state index in [2.05, 4.69) is 24.3 Å². The highest BCUT2D eigenvalue weighted by atomic mass is 16.2. The predicted molar refractivity (Wildman–Crippen MR) is 74.4 cm³/mol. The molecule has 0 saturated carbocycles. The molecule has 1 unspecified atom stereocenters. The first-order chi connectivity index (χ1) is 9.13. The standard InChI is InChI=1S/C16H20N2O/c1-12(2)18(10-9-17)16(19)15-8-7-13-5-3-4-6-14(13)11-15/h3-6,12,15H,7-8,10-11H2,1-2H3. The van der Waals surface area contributed by atoms with Gasteiger partial charge in [0.1, 0.15) is 6.54 Å². The molecule has 1 aromatic carbocycles. The third kappa shape index (κ3) is 2.96. The lowest BCUT2D eigenvalue weighted by atomic mass is 9.83. The van der Waals surface area contributed by atoms with Crippen LogP contribution in [0.15, 0.2) is 24.3 Å². The molecule has 3 nitrogen and oxygen atoms in total. The molecule has 0 bridgehead atoms. The van der Waals surface area contributed by atoms with Crippen molar-refractivity contribution in [2.75, 3.05) is 6.54 Å². The number of carbonyl (C=O) groups is 1. The Morgan fingerprint density at radius 3 is 2.74 bits per heavy atom. The number of hydrogen-bond donors (Lipinski definition) is 0. The number of carbonyl (C=O) groups excluding carboxylic acids is 1. The molecule has 1 aliphatic carbocycles. The topological polar surface area (TPSA) is 44.1 Å². The summed E-state index contributed by atoms with van der Waals surface area (Å²) in [5.41, 5.74) is 2.65. The van der Waals surface area contributed by atoms with E-state index < -0.39 is 0 Å². The van der Waals surface area contributed by atoms with Crippen molar-refractivity contribution in [2.24, 2.45) is 5.92 Å². The Kier molecular flexibility index (Phi) is 4.21. The zero-order valence-corrected chi connectivity index (χ0v) is 11.6. The van der Waals surface area contributed by atoms with E-state index in [4.69, 9.17) is 5.26 Å². The van der Waals surface area contributed by atoms with Gasteiger partial charge in [-0.2, -0.15) is 5.26 Å². The number of rotatable bonds is 3. The molecule has 0 N–H and O–H groups in total. The van der Waals surface area contributed by atoms with Crippen molar-refractivity contribution in [3.63, 3.8) is 0 Å². The van der Waals surface area contributed by atoms with Crippen molar-refractivity contribution in [1.29, 1.82) is 5.26 Å². The first-order valence-corrected chi connectivity index (χ1v) is 6.87. The first kappa shape index (κ1) is 13.6. The normalized spacial score (nSPS) is 17.7. The zero-order valence-electron chi connectivity index (χ0n) is 11.6. The second kappa shape index (κ2) is 5.88. The van der Waals surface area contributed by atoms with Crippen LogP contribution in [0.1, 0.15) is 31.4 Å². The molecule has 1 amide bonds. The fraction of sp³-hybridized carbons (Fsp3) is 0.500. The minimum Gasteiger partial charge on any atom is -0.327 e. The molecular weight excluding hydrogens is 236 g/mol. The lowest BCUT2D eigenvalue weighted by Gasteiger charge is -2.31. The summed E-state index contributed by atoms with van der Waals surface area (Å²) in [5, 5.41) is 8.85. The molecule has 0 saturated heterocycles. The van der Waals surface area contributed by atoms with Crippen molar-refractivity contribution >= 4 is 5.91 Å². The second-order valence-electron chi connectivity index (χ2n) is 5.43. The summed E-state index contributed by atoms with van der Waals surface area (Å²) in [6, 6.07) is 10.5. The van der Waals surface area contributed by atoms with Gasteiger partial charge in [-0.05, 0) is 44.2 Å². The van der Waals surface area contributed by atoms with Crippen LogP contribution < -0.4 is 0 Å². The van der Waals surface area contributed by atoms with Gasteiger partial charge >= 0.3 is 0 Å². The maximum absolute atomic E-state index is 12.5. The molecule has 0 aliphatic heterocycles. The predicted octanol–water partition coefficient (Wildman–Crippen LogP) is 2.55. The highest BCUT2D eigenvalue weighted by Crippen LogP contribution is 2.27. The fourth-order valence-electron chi connectivity index (χ4n) is 2.73. The van der Waals surface area contributed by atoms with Gasteiger partial charge < -0.3 is 4.90 Å². The Bertz CT molecular complexity index is 502. The molecule has 100 valence electrons. The number of nitrogens with zero attached hydrogens (tertiary/aromatic N) is 2. The van der Waals surface area contributed by atoms with Gasteiger partial charge in [-0.1, -0.05) is 24.3 Å². The van der Waals surface area contributed by atoms with Gasteiger partial charge in [-0.25, -0.2) is 0 Å². The summed E-state index contributed by atoms with van der Waals surface area (Å²) < 4.78 is 0. The maximum atomic E-state index is 12.5. The lowest BCUT2D eigenvalue weighted by molar-refractivity contribution is -0.136. The Morgan fingerprint density at radius 1 is 1.42 bits per heavy atom. The Balaban J connectivity index is 2.12. The van der Waals surface area contributed by atoms with Crippen molar-refractivity contribution in [1.82, 2.24) is 4.90 Å². The van der Waals surface area contributed by atoms with E-state index in [1.165, 1.54) is 11.1 Å². The Morgan fingerprint density at radius 2 is 2.11 bits per heavy atom. The maximum Gasteiger partial charge on any atom is 0.227 e. The quantitative estimate of drug-likeness (QED) is 0.780. The monoisotopic (exact) mass is 256 g/mol. The fourth-order valence-corrected chi connectivity index (χ4v) is 2.73. The van der Waals surface area contributed by atoms with E-state index >= 15 is 0 Å². The first-order valence-electron chi connectivity index (χ1n) is 6.87. The van der Waals surface area contributed by atoms with Crippen LogP contribution in [-0.2, 0) is 17.6 Å². The minimum absolute atomic E-state index is 0.0330. The van der Waals surface area contributed by atoms with E-state index in [0.29, 0.717) is 0 Å². The van der Waals surface area contributed by atoms with Crippen LogP contribution in [0.4, 0.5) is 0 Å². The number of amides is 1. The molecular formula is C16H20N2O. The number of hydrogen-bond acceptors (Lipinski definition) is 2. The van der Waals surface area contributed by atoms with E-state index in [9.17, 15) is 4.79 Å². The van der Waals surface area contributed by atoms with E-state index in [0.717, 1.165) is 19.3 Å². The number of nitriles is 1. The van der Waals surface area contributed by atoms with Gasteiger partial charge in [-0.3, -0.25) is 4.79 Å². The highest BCUT2D eigenvalue weighted by Gasteiger charge is 2.29. The molecule has 2 rings (SSSR count). The summed E-state index contributed by atoms with van der Waals surface area (Å²) in [5.74, 6) is 0.164. The third-order valence-electron chi connectivity index (χ3n) is 3.84. The minimum atomic E-state index is 0.0330. The van der Waals surface area contributed by atoms with Crippen LogP contribution in [0, 0.1) is 17.2 Å².